The molecule has 0 bridgehead atoms. The quantitative estimate of drug-likeness (QED) is 0.0346. The molecular weight excluding hydrogens is 1150 g/mol. The van der Waals surface area contributed by atoms with Crippen LogP contribution in [0.1, 0.15) is 99.3 Å². The van der Waals surface area contributed by atoms with Gasteiger partial charge in [0.05, 0.1) is 33.2 Å². The Morgan fingerprint density at radius 3 is 1.16 bits per heavy atom. The van der Waals surface area contributed by atoms with Gasteiger partial charge in [-0.25, -0.2) is 0 Å². The number of nitro benzene ring substituents is 2. The molecule has 2 amide bonds. The number of halogens is 13. The Balaban J connectivity index is 0.000000221. The number of rotatable bonds is 14. The van der Waals surface area contributed by atoms with E-state index in [1.54, 1.807) is 9.80 Å². The monoisotopic (exact) mass is 1210 g/mol. The summed E-state index contributed by atoms with van der Waals surface area (Å²) in [6.07, 6.45) is -11.2. The van der Waals surface area contributed by atoms with Gasteiger partial charge in [0.15, 0.2) is 0 Å². The van der Waals surface area contributed by atoms with Crippen LogP contribution in [0.5, 0.6) is 0 Å². The van der Waals surface area contributed by atoms with Gasteiger partial charge in [0.1, 0.15) is 23.6 Å². The summed E-state index contributed by atoms with van der Waals surface area (Å²) < 4.78 is 160. The highest BCUT2D eigenvalue weighted by Gasteiger charge is 2.40. The Kier molecular flexibility index (Phi) is 22.6. The van der Waals surface area contributed by atoms with E-state index in [1.807, 2.05) is 0 Å². The first-order valence-corrected chi connectivity index (χ1v) is 27.0. The molecule has 2 saturated carbocycles. The van der Waals surface area contributed by atoms with Crippen LogP contribution in [0.25, 0.3) is 0 Å². The fourth-order valence-electron chi connectivity index (χ4n) is 9.98. The highest BCUT2D eigenvalue weighted by molar-refractivity contribution is 6.27. The van der Waals surface area contributed by atoms with Crippen molar-refractivity contribution in [1.29, 1.82) is 0 Å². The predicted octanol–water partition coefficient (Wildman–Crippen LogP) is 13.2. The first-order valence-electron chi connectivity index (χ1n) is 26.5. The van der Waals surface area contributed by atoms with Crippen LogP contribution in [0.2, 0.25) is 0 Å². The van der Waals surface area contributed by atoms with Crippen molar-refractivity contribution in [1.82, 2.24) is 9.80 Å². The molecule has 29 heteroatoms. The van der Waals surface area contributed by atoms with Gasteiger partial charge in [-0.1, -0.05) is 0 Å². The van der Waals surface area contributed by atoms with Gasteiger partial charge >= 0.3 is 24.7 Å². The fourth-order valence-corrected chi connectivity index (χ4v) is 10.2. The SMILES string of the molecule is O=C(CCl)N1CCC(Nc2ccc(C(F)(F)F)cc2)CC1.O=C(COC1CCC(Nc2ccc([N+](=O)[O-])c(C(F)(F)F)c2)CC1)N1CCC(Nc2ccc(C(F)(F)F)cc2)CC1.O=[N+]([O-])c1ccc(NC2CCC(O)CC2)cc1C(F)(F)F. The number of piperidine rings is 2. The number of aliphatic hydroxyl groups is 1. The summed E-state index contributed by atoms with van der Waals surface area (Å²) in [5.41, 5.74) is -4.27. The van der Waals surface area contributed by atoms with E-state index < -0.39 is 68.2 Å². The molecule has 83 heavy (non-hydrogen) atoms. The van der Waals surface area contributed by atoms with E-state index in [0.717, 1.165) is 61.4 Å². The van der Waals surface area contributed by atoms with Crippen LogP contribution in [0.4, 0.5) is 86.8 Å². The van der Waals surface area contributed by atoms with Crippen molar-refractivity contribution in [2.24, 2.45) is 0 Å². The van der Waals surface area contributed by atoms with E-state index in [2.05, 4.69) is 21.3 Å². The Labute approximate surface area is 473 Å². The highest BCUT2D eigenvalue weighted by Crippen LogP contribution is 2.40. The molecule has 0 radical (unpaired) electrons. The summed E-state index contributed by atoms with van der Waals surface area (Å²) in [5, 5.41) is 43.4. The van der Waals surface area contributed by atoms with Gasteiger partial charge in [0, 0.05) is 85.2 Å². The summed E-state index contributed by atoms with van der Waals surface area (Å²) in [6, 6.07) is 15.6. The van der Waals surface area contributed by atoms with E-state index in [9.17, 15) is 87.6 Å². The number of nitrogens with zero attached hydrogens (tertiary/aromatic N) is 4. The number of ether oxygens (including phenoxy) is 1. The molecule has 2 aliphatic carbocycles. The van der Waals surface area contributed by atoms with Gasteiger partial charge in [-0.05, 0) is 150 Å². The smallest absolute Gasteiger partial charge is 0.393 e. The normalized spacial score (nSPS) is 20.2. The van der Waals surface area contributed by atoms with Crippen molar-refractivity contribution in [3.05, 3.63) is 127 Å². The van der Waals surface area contributed by atoms with Crippen molar-refractivity contribution in [3.63, 3.8) is 0 Å². The number of hydrogen-bond acceptors (Lipinski definition) is 12. The number of carbonyl (C=O) groups is 2. The summed E-state index contributed by atoms with van der Waals surface area (Å²) in [7, 11) is 0. The van der Waals surface area contributed by atoms with Gasteiger partial charge in [0.2, 0.25) is 11.8 Å². The third kappa shape index (κ3) is 19.9. The standard InChI is InChI=1S/C27H30F6N4O4.C14H16ClF3N2O.C13H15F3N2O3/c28-26(29,30)17-1-3-18(4-2-17)34-20-11-13-36(14-12-20)25(38)16-41-22-8-5-19(6-9-22)35-21-7-10-24(37(39)40)23(15-21)27(31,32)33;15-9-13(21)20-7-5-12(6-8-20)19-11-3-1-10(2-4-11)14(16,17)18;14-13(15,16)11-7-9(3-6-12(11)18(20)21)17-8-1-4-10(19)5-2-8/h1-4,7,10,15,19-20,22,34-35H,5-6,8-9,11-14,16H2;1-4,12,19H,5-9H2;3,6-8,10,17,19H,1-2,4-5H2. The molecule has 8 rings (SSSR count). The van der Waals surface area contributed by atoms with Crippen molar-refractivity contribution in [2.45, 2.75) is 138 Å². The van der Waals surface area contributed by atoms with E-state index in [1.165, 1.54) is 36.4 Å². The molecule has 0 aromatic heterocycles. The lowest BCUT2D eigenvalue weighted by molar-refractivity contribution is -0.388. The van der Waals surface area contributed by atoms with Crippen LogP contribution in [0.15, 0.2) is 84.9 Å². The average molecular weight is 1210 g/mol. The maximum absolute atomic E-state index is 13.2. The maximum atomic E-state index is 13.2. The summed E-state index contributed by atoms with van der Waals surface area (Å²) in [6.45, 7) is 2.13. The van der Waals surface area contributed by atoms with Gasteiger partial charge in [-0.3, -0.25) is 29.8 Å². The average Bonchev–Trinajstić information content (AvgIpc) is 3.55. The fraction of sp³-hybridized carbons (Fsp3) is 0.519. The number of benzene rings is 4. The largest absolute Gasteiger partial charge is 0.423 e. The number of carbonyl (C=O) groups excluding carboxylic acids is 2. The molecule has 4 aliphatic rings. The molecule has 2 heterocycles. The molecule has 4 aromatic rings. The molecule has 0 atom stereocenters. The van der Waals surface area contributed by atoms with Crippen LogP contribution in [0.3, 0.4) is 0 Å². The lowest BCUT2D eigenvalue weighted by Gasteiger charge is -2.34. The van der Waals surface area contributed by atoms with Gasteiger partial charge in [-0.15, -0.1) is 11.6 Å². The van der Waals surface area contributed by atoms with Gasteiger partial charge in [0.25, 0.3) is 11.4 Å². The predicted molar refractivity (Wildman–Crippen MR) is 284 cm³/mol. The number of hydrogen-bond donors (Lipinski definition) is 5. The maximum Gasteiger partial charge on any atom is 0.423 e. The molecule has 2 aliphatic heterocycles. The Morgan fingerprint density at radius 2 is 0.819 bits per heavy atom. The molecule has 4 fully saturated rings. The third-order valence-corrected chi connectivity index (χ3v) is 14.8. The third-order valence-electron chi connectivity index (χ3n) is 14.5. The first kappa shape index (κ1) is 65.3. The van der Waals surface area contributed by atoms with E-state index in [4.69, 9.17) is 16.3 Å². The molecule has 456 valence electrons. The second-order valence-corrected chi connectivity index (χ2v) is 20.7. The van der Waals surface area contributed by atoms with Gasteiger partial charge < -0.3 is 40.9 Å². The zero-order valence-electron chi connectivity index (χ0n) is 44.3. The van der Waals surface area contributed by atoms with E-state index >= 15 is 0 Å². The Bertz CT molecular complexity index is 2780. The van der Waals surface area contributed by atoms with Crippen molar-refractivity contribution >= 4 is 57.5 Å². The molecule has 0 spiro atoms. The molecule has 4 aromatic carbocycles. The van der Waals surface area contributed by atoms with E-state index in [-0.39, 0.29) is 72.1 Å². The lowest BCUT2D eigenvalue weighted by atomic mass is 9.92. The second-order valence-electron chi connectivity index (χ2n) is 20.4. The minimum atomic E-state index is -4.85. The van der Waals surface area contributed by atoms with E-state index in [0.29, 0.717) is 102 Å². The molecule has 16 nitrogen and oxygen atoms in total. The number of nitro groups is 2. The summed E-state index contributed by atoms with van der Waals surface area (Å²) >= 11 is 5.50. The van der Waals surface area contributed by atoms with Crippen LogP contribution >= 0.6 is 11.6 Å². The number of aliphatic hydroxyl groups excluding tert-OH is 1. The van der Waals surface area contributed by atoms with Crippen LogP contribution < -0.4 is 21.3 Å². The first-order chi connectivity index (χ1) is 39.0. The van der Waals surface area contributed by atoms with Crippen molar-refractivity contribution in [3.8, 4) is 0 Å². The second kappa shape index (κ2) is 28.6. The topological polar surface area (TPSA) is 204 Å². The lowest BCUT2D eigenvalue weighted by Crippen LogP contribution is -2.44. The summed E-state index contributed by atoms with van der Waals surface area (Å²) in [5.74, 6) is -0.245. The number of alkyl halides is 13. The number of nitrogens with one attached hydrogen (secondary N) is 4. The minimum Gasteiger partial charge on any atom is -0.393 e. The molecule has 0 unspecified atom stereocenters. The van der Waals surface area contributed by atoms with Crippen LogP contribution in [-0.2, 0) is 39.0 Å². The Hall–Kier alpha value is -6.81. The summed E-state index contributed by atoms with van der Waals surface area (Å²) in [4.78, 5) is 47.0. The van der Waals surface area contributed by atoms with Crippen LogP contribution in [-0.4, -0.2) is 112 Å². The van der Waals surface area contributed by atoms with Crippen molar-refractivity contribution < 1.29 is 82.0 Å². The number of amides is 2. The zero-order chi connectivity index (χ0) is 60.9. The molecule has 2 saturated heterocycles. The minimum absolute atomic E-state index is 0.0169. The number of anilines is 4. The Morgan fingerprint density at radius 1 is 0.494 bits per heavy atom. The molecule has 5 N–H and O–H groups in total. The van der Waals surface area contributed by atoms with Crippen LogP contribution in [0, 0.1) is 20.2 Å². The molecular formula is C54H61ClF12N8O8. The zero-order valence-corrected chi connectivity index (χ0v) is 45.0. The number of likely N-dealkylation sites (tertiary alicyclic amines) is 2. The van der Waals surface area contributed by atoms with Crippen molar-refractivity contribution in [2.75, 3.05) is 59.9 Å². The van der Waals surface area contributed by atoms with Gasteiger partial charge in [-0.2, -0.15) is 52.7 Å². The highest BCUT2D eigenvalue weighted by atomic mass is 35.5.